The summed E-state index contributed by atoms with van der Waals surface area (Å²) in [7, 11) is 0. The predicted octanol–water partition coefficient (Wildman–Crippen LogP) is 2.03. The van der Waals surface area contributed by atoms with Gasteiger partial charge >= 0.3 is 0 Å². The van der Waals surface area contributed by atoms with Crippen LogP contribution in [-0.4, -0.2) is 17.2 Å². The molecule has 0 aromatic heterocycles. The third-order valence-corrected chi connectivity index (χ3v) is 2.40. The van der Waals surface area contributed by atoms with Crippen LogP contribution in [0.5, 0.6) is 0 Å². The number of carbonyl (C=O) groups excluding carboxylic acids is 2. The van der Waals surface area contributed by atoms with Crippen LogP contribution >= 0.6 is 11.8 Å². The number of thioether (sulfide) groups is 1. The van der Waals surface area contributed by atoms with Crippen molar-refractivity contribution in [3.63, 3.8) is 0 Å². The predicted molar refractivity (Wildman–Crippen MR) is 63.7 cm³/mol. The van der Waals surface area contributed by atoms with Gasteiger partial charge in [0.15, 0.2) is 0 Å². The maximum Gasteiger partial charge on any atom is 0.259 e. The molecular formula is C12H9NO2S. The molecule has 3 nitrogen and oxygen atoms in total. The Morgan fingerprint density at radius 2 is 2.19 bits per heavy atom. The fourth-order valence-corrected chi connectivity index (χ4v) is 1.32. The van der Waals surface area contributed by atoms with Crippen molar-refractivity contribution >= 4 is 28.7 Å². The number of hydrogen-bond donors (Lipinski definition) is 0. The molecule has 0 heterocycles. The molecular weight excluding hydrogens is 222 g/mol. The lowest BCUT2D eigenvalue weighted by Crippen LogP contribution is -2.04. The number of nitriles is 1. The molecule has 0 atom stereocenters. The first-order chi connectivity index (χ1) is 7.67. The van der Waals surface area contributed by atoms with E-state index < -0.39 is 10.9 Å². The van der Waals surface area contributed by atoms with E-state index >= 15 is 0 Å². The number of carbonyl (C=O) groups is 2. The van der Waals surface area contributed by atoms with E-state index in [0.29, 0.717) is 5.56 Å². The van der Waals surface area contributed by atoms with Crippen LogP contribution in [-0.2, 0) is 9.59 Å². The Balaban J connectivity index is 2.81. The minimum absolute atomic E-state index is 0.493. The van der Waals surface area contributed by atoms with E-state index in [0.717, 1.165) is 17.3 Å². The highest BCUT2D eigenvalue weighted by atomic mass is 32.2. The number of allylic oxidation sites excluding steroid dienone is 1. The molecule has 4 heteroatoms. The van der Waals surface area contributed by atoms with Crippen LogP contribution < -0.4 is 0 Å². The highest BCUT2D eigenvalue weighted by Gasteiger charge is 2.07. The molecule has 16 heavy (non-hydrogen) atoms. The largest absolute Gasteiger partial charge is 0.285 e. The van der Waals surface area contributed by atoms with Crippen LogP contribution in [0, 0.1) is 11.3 Å². The first-order valence-corrected chi connectivity index (χ1v) is 5.70. The van der Waals surface area contributed by atoms with E-state index in [1.807, 2.05) is 6.07 Å². The summed E-state index contributed by atoms with van der Waals surface area (Å²) in [5.74, 6) is -0.546. The van der Waals surface area contributed by atoms with Gasteiger partial charge in [0.2, 0.25) is 5.78 Å². The van der Waals surface area contributed by atoms with Crippen molar-refractivity contribution in [3.05, 3.63) is 41.5 Å². The van der Waals surface area contributed by atoms with E-state index in [1.165, 1.54) is 12.2 Å². The molecule has 0 amide bonds. The van der Waals surface area contributed by atoms with Crippen molar-refractivity contribution in [2.45, 2.75) is 0 Å². The lowest BCUT2D eigenvalue weighted by atomic mass is 10.1. The summed E-state index contributed by atoms with van der Waals surface area (Å²) < 4.78 is 0. The molecule has 0 spiro atoms. The number of rotatable bonds is 3. The van der Waals surface area contributed by atoms with Gasteiger partial charge in [-0.25, -0.2) is 0 Å². The summed E-state index contributed by atoms with van der Waals surface area (Å²) >= 11 is 0.884. The quantitative estimate of drug-likeness (QED) is 0.590. The van der Waals surface area contributed by atoms with Crippen molar-refractivity contribution < 1.29 is 9.59 Å². The molecule has 80 valence electrons. The van der Waals surface area contributed by atoms with Gasteiger partial charge in [-0.2, -0.15) is 5.26 Å². The Morgan fingerprint density at radius 3 is 2.81 bits per heavy atom. The molecule has 1 aromatic rings. The van der Waals surface area contributed by atoms with Gasteiger partial charge in [-0.15, -0.1) is 0 Å². The van der Waals surface area contributed by atoms with E-state index in [4.69, 9.17) is 5.26 Å². The lowest BCUT2D eigenvalue weighted by Gasteiger charge is -1.93. The monoisotopic (exact) mass is 231 g/mol. The Hall–Kier alpha value is -1.86. The first kappa shape index (κ1) is 12.2. The van der Waals surface area contributed by atoms with Gasteiger partial charge in [0, 0.05) is 0 Å². The standard InChI is InChI=1S/C12H9NO2S/c1-16-12(15)11(14)6-5-9-3-2-4-10(7-9)8-13/h2-7H,1H3/b6-5+. The van der Waals surface area contributed by atoms with Crippen LogP contribution in [0.15, 0.2) is 30.3 Å². The summed E-state index contributed by atoms with van der Waals surface area (Å²) in [6.45, 7) is 0. The van der Waals surface area contributed by atoms with E-state index in [1.54, 1.807) is 30.5 Å². The molecule has 0 aliphatic carbocycles. The second-order valence-electron chi connectivity index (χ2n) is 2.93. The molecule has 0 aliphatic heterocycles. The third-order valence-electron chi connectivity index (χ3n) is 1.83. The molecule has 0 saturated carbocycles. The van der Waals surface area contributed by atoms with Crippen molar-refractivity contribution in [3.8, 4) is 6.07 Å². The topological polar surface area (TPSA) is 57.9 Å². The minimum Gasteiger partial charge on any atom is -0.285 e. The molecule has 0 saturated heterocycles. The van der Waals surface area contributed by atoms with Gasteiger partial charge in [0.25, 0.3) is 5.12 Å². The second kappa shape index (κ2) is 5.89. The zero-order chi connectivity index (χ0) is 12.0. The van der Waals surface area contributed by atoms with Gasteiger partial charge in [0.1, 0.15) is 0 Å². The maximum atomic E-state index is 11.2. The smallest absolute Gasteiger partial charge is 0.259 e. The first-order valence-electron chi connectivity index (χ1n) is 4.48. The molecule has 0 N–H and O–H groups in total. The lowest BCUT2D eigenvalue weighted by molar-refractivity contribution is -0.128. The Morgan fingerprint density at radius 1 is 1.44 bits per heavy atom. The Labute approximate surface area is 97.8 Å². The summed E-state index contributed by atoms with van der Waals surface area (Å²) in [6, 6.07) is 8.80. The average molecular weight is 231 g/mol. The van der Waals surface area contributed by atoms with Crippen molar-refractivity contribution in [2.75, 3.05) is 6.26 Å². The Bertz CT molecular complexity index is 486. The minimum atomic E-state index is -0.546. The van der Waals surface area contributed by atoms with Crippen LogP contribution in [0.4, 0.5) is 0 Å². The van der Waals surface area contributed by atoms with Crippen LogP contribution in [0.1, 0.15) is 11.1 Å². The summed E-state index contributed by atoms with van der Waals surface area (Å²) in [6.07, 6.45) is 4.30. The molecule has 0 fully saturated rings. The number of nitrogens with zero attached hydrogens (tertiary/aromatic N) is 1. The zero-order valence-corrected chi connectivity index (χ0v) is 9.45. The Kier molecular flexibility index (Phi) is 4.49. The van der Waals surface area contributed by atoms with Gasteiger partial charge in [0.05, 0.1) is 11.6 Å². The highest BCUT2D eigenvalue weighted by Crippen LogP contribution is 2.07. The molecule has 1 rings (SSSR count). The third kappa shape index (κ3) is 3.37. The molecule has 0 aliphatic rings. The fraction of sp³-hybridized carbons (Fsp3) is 0.0833. The molecule has 0 bridgehead atoms. The van der Waals surface area contributed by atoms with Crippen LogP contribution in [0.2, 0.25) is 0 Å². The van der Waals surface area contributed by atoms with Gasteiger partial charge in [-0.3, -0.25) is 9.59 Å². The summed E-state index contributed by atoms with van der Waals surface area (Å²) in [5, 5.41) is 8.17. The van der Waals surface area contributed by atoms with Gasteiger partial charge in [-0.05, 0) is 30.0 Å². The molecule has 0 unspecified atom stereocenters. The van der Waals surface area contributed by atoms with Gasteiger partial charge in [-0.1, -0.05) is 30.0 Å². The van der Waals surface area contributed by atoms with Crippen molar-refractivity contribution in [2.24, 2.45) is 0 Å². The summed E-state index contributed by atoms with van der Waals surface area (Å²) in [4.78, 5) is 22.1. The number of hydrogen-bond acceptors (Lipinski definition) is 4. The van der Waals surface area contributed by atoms with E-state index in [9.17, 15) is 9.59 Å². The highest BCUT2D eigenvalue weighted by molar-refractivity contribution is 8.14. The van der Waals surface area contributed by atoms with Gasteiger partial charge < -0.3 is 0 Å². The molecule has 0 radical (unpaired) electrons. The van der Waals surface area contributed by atoms with Crippen LogP contribution in [0.3, 0.4) is 0 Å². The average Bonchev–Trinajstić information content (AvgIpc) is 2.35. The number of ketones is 1. The normalized spacial score (nSPS) is 10.0. The van der Waals surface area contributed by atoms with E-state index in [2.05, 4.69) is 0 Å². The summed E-state index contributed by atoms with van der Waals surface area (Å²) in [5.41, 5.74) is 1.24. The zero-order valence-electron chi connectivity index (χ0n) is 8.64. The maximum absolute atomic E-state index is 11.2. The SMILES string of the molecule is CSC(=O)C(=O)/C=C/c1cccc(C#N)c1. The van der Waals surface area contributed by atoms with Crippen LogP contribution in [0.25, 0.3) is 6.08 Å². The second-order valence-corrected chi connectivity index (χ2v) is 3.71. The van der Waals surface area contributed by atoms with Crippen molar-refractivity contribution in [1.82, 2.24) is 0 Å². The molecule has 1 aromatic carbocycles. The van der Waals surface area contributed by atoms with E-state index in [-0.39, 0.29) is 0 Å². The van der Waals surface area contributed by atoms with Crippen molar-refractivity contribution in [1.29, 1.82) is 5.26 Å². The number of benzene rings is 1. The fourth-order valence-electron chi connectivity index (χ4n) is 1.05.